The molecule has 188 valence electrons. The van der Waals surface area contributed by atoms with Crippen LogP contribution in [0.4, 0.5) is 0 Å². The first-order valence-electron chi connectivity index (χ1n) is 11.8. The van der Waals surface area contributed by atoms with Gasteiger partial charge in [0.25, 0.3) is 10.0 Å². The van der Waals surface area contributed by atoms with Gasteiger partial charge in [0, 0.05) is 23.2 Å². The Morgan fingerprint density at radius 3 is 2.41 bits per heavy atom. The van der Waals surface area contributed by atoms with Crippen molar-refractivity contribution in [1.29, 1.82) is 0 Å². The van der Waals surface area contributed by atoms with Gasteiger partial charge < -0.3 is 5.11 Å². The van der Waals surface area contributed by atoms with Gasteiger partial charge in [-0.05, 0) is 68.3 Å². The zero-order chi connectivity index (χ0) is 26.4. The highest BCUT2D eigenvalue weighted by Gasteiger charge is 2.27. The van der Waals surface area contributed by atoms with Crippen molar-refractivity contribution in [3.05, 3.63) is 113 Å². The van der Waals surface area contributed by atoms with E-state index in [-0.39, 0.29) is 11.3 Å². The third-order valence-corrected chi connectivity index (χ3v) is 8.44. The summed E-state index contributed by atoms with van der Waals surface area (Å²) in [4.78, 5) is 9.53. The molecule has 0 unspecified atom stereocenters. The number of aryl methyl sites for hydroxylation is 1. The maximum atomic E-state index is 14.0. The van der Waals surface area contributed by atoms with Gasteiger partial charge in [-0.25, -0.2) is 17.4 Å². The van der Waals surface area contributed by atoms with E-state index < -0.39 is 15.6 Å². The zero-order valence-electron chi connectivity index (χ0n) is 20.7. The number of para-hydroxylation sites is 1. The number of imidazole rings is 1. The second-order valence-corrected chi connectivity index (χ2v) is 11.7. The summed E-state index contributed by atoms with van der Waals surface area (Å²) in [6, 6.07) is 23.0. The molecule has 0 saturated heterocycles. The topological polar surface area (TPSA) is 85.1 Å². The third-order valence-electron chi connectivity index (χ3n) is 6.32. The quantitative estimate of drug-likeness (QED) is 0.285. The van der Waals surface area contributed by atoms with E-state index in [4.69, 9.17) is 16.6 Å². The van der Waals surface area contributed by atoms with Gasteiger partial charge in [0.15, 0.2) is 0 Å². The molecule has 0 fully saturated rings. The minimum absolute atomic E-state index is 0.172. The number of hydrogen-bond acceptors (Lipinski definition) is 5. The molecule has 37 heavy (non-hydrogen) atoms. The average Bonchev–Trinajstić information content (AvgIpc) is 3.24. The molecule has 3 aromatic carbocycles. The van der Waals surface area contributed by atoms with Gasteiger partial charge in [-0.1, -0.05) is 59.6 Å². The summed E-state index contributed by atoms with van der Waals surface area (Å²) in [5.74, 6) is 0.342. The van der Waals surface area contributed by atoms with E-state index in [1.54, 1.807) is 74.6 Å². The molecule has 0 spiro atoms. The zero-order valence-corrected chi connectivity index (χ0v) is 22.3. The van der Waals surface area contributed by atoms with Gasteiger partial charge in [-0.3, -0.25) is 4.98 Å². The van der Waals surface area contributed by atoms with Crippen molar-refractivity contribution in [3.8, 4) is 11.3 Å². The first-order chi connectivity index (χ1) is 17.6. The maximum Gasteiger partial charge on any atom is 0.269 e. The molecule has 2 aromatic heterocycles. The monoisotopic (exact) mass is 531 g/mol. The Balaban J connectivity index is 1.77. The van der Waals surface area contributed by atoms with Crippen LogP contribution < -0.4 is 0 Å². The molecule has 0 aliphatic rings. The van der Waals surface area contributed by atoms with Crippen molar-refractivity contribution in [2.75, 3.05) is 0 Å². The van der Waals surface area contributed by atoms with E-state index in [2.05, 4.69) is 4.98 Å². The van der Waals surface area contributed by atoms with Crippen molar-refractivity contribution in [2.24, 2.45) is 0 Å². The van der Waals surface area contributed by atoms with Crippen LogP contribution in [-0.4, -0.2) is 27.5 Å². The molecule has 1 N–H and O–H groups in total. The van der Waals surface area contributed by atoms with Crippen LogP contribution in [0.3, 0.4) is 0 Å². The van der Waals surface area contributed by atoms with Gasteiger partial charge >= 0.3 is 0 Å². The number of aromatic nitrogens is 3. The van der Waals surface area contributed by atoms with Gasteiger partial charge in [-0.15, -0.1) is 0 Å². The number of rotatable bonds is 6. The minimum Gasteiger partial charge on any atom is -0.386 e. The van der Waals surface area contributed by atoms with Crippen molar-refractivity contribution in [2.45, 2.75) is 37.7 Å². The maximum absolute atomic E-state index is 14.0. The van der Waals surface area contributed by atoms with E-state index in [0.717, 1.165) is 11.1 Å². The summed E-state index contributed by atoms with van der Waals surface area (Å²) in [5, 5.41) is 11.1. The van der Waals surface area contributed by atoms with Crippen molar-refractivity contribution < 1.29 is 13.5 Å². The van der Waals surface area contributed by atoms with E-state index in [9.17, 15) is 13.5 Å². The molecule has 5 aromatic rings. The summed E-state index contributed by atoms with van der Waals surface area (Å²) in [6.07, 6.45) is 1.85. The smallest absolute Gasteiger partial charge is 0.269 e. The largest absolute Gasteiger partial charge is 0.386 e. The number of hydrogen-bond donors (Lipinski definition) is 1. The fourth-order valence-electron chi connectivity index (χ4n) is 4.30. The standard InChI is InChI=1S/C29H26ClN3O3S/c1-19-11-13-22(14-12-19)37(35,36)33-26-10-6-8-23(25-18-21(15-16-31-25)29(2,3)34)28(26)32-27(33)17-20-7-4-5-9-24(20)30/h4-16,18,34H,17H2,1-3H3. The lowest BCUT2D eigenvalue weighted by Gasteiger charge is -2.18. The first kappa shape index (κ1) is 25.1. The van der Waals surface area contributed by atoms with Crippen LogP contribution in [0.2, 0.25) is 5.02 Å². The van der Waals surface area contributed by atoms with Crippen molar-refractivity contribution >= 4 is 32.7 Å². The first-order valence-corrected chi connectivity index (χ1v) is 13.6. The fraction of sp³-hybridized carbons (Fsp3) is 0.172. The predicted molar refractivity (Wildman–Crippen MR) is 146 cm³/mol. The molecule has 0 atom stereocenters. The SMILES string of the molecule is Cc1ccc(S(=O)(=O)n2c(Cc3ccccc3Cl)nc3c(-c4cc(C(C)(C)O)ccn4)cccc32)cc1. The summed E-state index contributed by atoms with van der Waals surface area (Å²) in [7, 11) is -3.98. The number of fused-ring (bicyclic) bond motifs is 1. The molecule has 0 aliphatic heterocycles. The lowest BCUT2D eigenvalue weighted by molar-refractivity contribution is 0.0785. The van der Waals surface area contributed by atoms with Crippen LogP contribution in [0.5, 0.6) is 0 Å². The molecule has 0 saturated carbocycles. The number of aliphatic hydroxyl groups is 1. The Morgan fingerprint density at radius 2 is 1.70 bits per heavy atom. The van der Waals surface area contributed by atoms with Crippen molar-refractivity contribution in [1.82, 2.24) is 13.9 Å². The molecule has 0 radical (unpaired) electrons. The normalized spacial score (nSPS) is 12.2. The van der Waals surface area contributed by atoms with Gasteiger partial charge in [0.1, 0.15) is 5.82 Å². The fourth-order valence-corrected chi connectivity index (χ4v) is 5.98. The molecule has 8 heteroatoms. The Hall–Kier alpha value is -3.52. The number of nitrogens with zero attached hydrogens (tertiary/aromatic N) is 3. The Kier molecular flexibility index (Phi) is 6.40. The molecular weight excluding hydrogens is 506 g/mol. The van der Waals surface area contributed by atoms with Crippen LogP contribution in [0, 0.1) is 6.92 Å². The predicted octanol–water partition coefficient (Wildman–Crippen LogP) is 6.12. The van der Waals surface area contributed by atoms with E-state index in [1.165, 1.54) is 3.97 Å². The second kappa shape index (κ2) is 9.41. The summed E-state index contributed by atoms with van der Waals surface area (Å²) < 4.78 is 29.3. The van der Waals surface area contributed by atoms with Gasteiger partial charge in [0.05, 0.1) is 27.2 Å². The summed E-state index contributed by atoms with van der Waals surface area (Å²) in [5.41, 5.74) is 3.56. The Labute approximate surface area is 221 Å². The average molecular weight is 532 g/mol. The summed E-state index contributed by atoms with van der Waals surface area (Å²) in [6.45, 7) is 5.32. The molecule has 5 rings (SSSR count). The second-order valence-electron chi connectivity index (χ2n) is 9.54. The molecule has 0 bridgehead atoms. The lowest BCUT2D eigenvalue weighted by Crippen LogP contribution is -2.16. The van der Waals surface area contributed by atoms with Crippen LogP contribution in [-0.2, 0) is 22.0 Å². The molecule has 0 aliphatic carbocycles. The van der Waals surface area contributed by atoms with Crippen LogP contribution in [0.25, 0.3) is 22.3 Å². The Bertz CT molecular complexity index is 1720. The lowest BCUT2D eigenvalue weighted by atomic mass is 9.97. The van der Waals surface area contributed by atoms with Crippen molar-refractivity contribution in [3.63, 3.8) is 0 Å². The van der Waals surface area contributed by atoms with Crippen LogP contribution in [0.15, 0.2) is 90.0 Å². The number of halogens is 1. The van der Waals surface area contributed by atoms with E-state index in [0.29, 0.717) is 38.7 Å². The highest BCUT2D eigenvalue weighted by atomic mass is 35.5. The minimum atomic E-state index is -3.98. The Morgan fingerprint density at radius 1 is 0.973 bits per heavy atom. The van der Waals surface area contributed by atoms with Crippen LogP contribution >= 0.6 is 11.6 Å². The highest BCUT2D eigenvalue weighted by molar-refractivity contribution is 7.90. The molecule has 6 nitrogen and oxygen atoms in total. The number of benzene rings is 3. The van der Waals surface area contributed by atoms with E-state index in [1.807, 2.05) is 31.2 Å². The van der Waals surface area contributed by atoms with Crippen LogP contribution in [0.1, 0.15) is 36.4 Å². The molecular formula is C29H26ClN3O3S. The van der Waals surface area contributed by atoms with Gasteiger partial charge in [0.2, 0.25) is 0 Å². The number of pyridine rings is 1. The van der Waals surface area contributed by atoms with Gasteiger partial charge in [-0.2, -0.15) is 0 Å². The highest BCUT2D eigenvalue weighted by Crippen LogP contribution is 2.33. The summed E-state index contributed by atoms with van der Waals surface area (Å²) >= 11 is 6.44. The molecule has 2 heterocycles. The van der Waals surface area contributed by atoms with E-state index >= 15 is 0 Å². The molecule has 0 amide bonds. The third kappa shape index (κ3) is 4.78.